The molecule has 0 aliphatic heterocycles. The molecule has 138 valence electrons. The second-order valence-corrected chi connectivity index (χ2v) is 6.93. The fraction of sp³-hybridized carbons (Fsp3) is 0.176. The third kappa shape index (κ3) is 5.30. The molecule has 0 fully saturated rings. The van der Waals surface area contributed by atoms with Crippen LogP contribution in [0.25, 0.3) is 0 Å². The van der Waals surface area contributed by atoms with Crippen LogP contribution in [0.2, 0.25) is 0 Å². The number of carbonyl (C=O) groups excluding carboxylic acids is 2. The monoisotopic (exact) mass is 377 g/mol. The van der Waals surface area contributed by atoms with Crippen LogP contribution < -0.4 is 20.5 Å². The minimum Gasteiger partial charge on any atom is -0.496 e. The first kappa shape index (κ1) is 19.4. The smallest absolute Gasteiger partial charge is 0.309 e. The Labute approximate surface area is 151 Å². The summed E-state index contributed by atoms with van der Waals surface area (Å²) in [7, 11) is -2.24. The number of nitrogens with two attached hydrogens (primary N) is 1. The van der Waals surface area contributed by atoms with Crippen molar-refractivity contribution in [3.8, 4) is 5.75 Å². The SMILES string of the molecule is COc1ccccc1CNC(=O)C(=O)NCc1ccc(S(N)(=O)=O)cc1. The number of rotatable bonds is 6. The molecule has 0 saturated heterocycles. The summed E-state index contributed by atoms with van der Waals surface area (Å²) < 4.78 is 27.5. The lowest BCUT2D eigenvalue weighted by Crippen LogP contribution is -2.39. The number of hydrogen-bond donors (Lipinski definition) is 3. The van der Waals surface area contributed by atoms with Crippen molar-refractivity contribution in [2.75, 3.05) is 7.11 Å². The molecule has 2 rings (SSSR count). The van der Waals surface area contributed by atoms with Gasteiger partial charge in [0.1, 0.15) is 5.75 Å². The third-order valence-electron chi connectivity index (χ3n) is 3.54. The maximum atomic E-state index is 11.9. The highest BCUT2D eigenvalue weighted by Crippen LogP contribution is 2.16. The topological polar surface area (TPSA) is 128 Å². The number of amides is 2. The lowest BCUT2D eigenvalue weighted by Gasteiger charge is -2.10. The zero-order chi connectivity index (χ0) is 19.2. The van der Waals surface area contributed by atoms with Crippen LogP contribution in [0.1, 0.15) is 11.1 Å². The van der Waals surface area contributed by atoms with Crippen LogP contribution in [-0.4, -0.2) is 27.3 Å². The molecule has 4 N–H and O–H groups in total. The Morgan fingerprint density at radius 3 is 2.12 bits per heavy atom. The van der Waals surface area contributed by atoms with Crippen molar-refractivity contribution in [2.24, 2.45) is 5.14 Å². The van der Waals surface area contributed by atoms with Crippen LogP contribution >= 0.6 is 0 Å². The maximum absolute atomic E-state index is 11.9. The Kier molecular flexibility index (Phi) is 6.31. The average Bonchev–Trinajstić information content (AvgIpc) is 2.63. The number of primary sulfonamides is 1. The van der Waals surface area contributed by atoms with E-state index in [0.717, 1.165) is 5.56 Å². The van der Waals surface area contributed by atoms with Crippen molar-refractivity contribution < 1.29 is 22.7 Å². The van der Waals surface area contributed by atoms with Gasteiger partial charge in [-0.05, 0) is 23.8 Å². The predicted molar refractivity (Wildman–Crippen MR) is 94.5 cm³/mol. The first-order valence-corrected chi connectivity index (χ1v) is 9.15. The predicted octanol–water partition coefficient (Wildman–Crippen LogP) is 0.275. The number of hydrogen-bond acceptors (Lipinski definition) is 5. The highest BCUT2D eigenvalue weighted by molar-refractivity contribution is 7.89. The van der Waals surface area contributed by atoms with Gasteiger partial charge in [0.05, 0.1) is 12.0 Å². The van der Waals surface area contributed by atoms with Crippen LogP contribution in [0.4, 0.5) is 0 Å². The second kappa shape index (κ2) is 8.45. The third-order valence-corrected chi connectivity index (χ3v) is 4.47. The van der Waals surface area contributed by atoms with E-state index in [2.05, 4.69) is 10.6 Å². The standard InChI is InChI=1S/C17H19N3O5S/c1-25-15-5-3-2-4-13(15)11-20-17(22)16(21)19-10-12-6-8-14(9-7-12)26(18,23)24/h2-9H,10-11H2,1H3,(H,19,21)(H,20,22)(H2,18,23,24). The van der Waals surface area contributed by atoms with Crippen molar-refractivity contribution in [1.29, 1.82) is 0 Å². The van der Waals surface area contributed by atoms with Crippen LogP contribution in [0.3, 0.4) is 0 Å². The molecule has 2 aromatic rings. The molecule has 26 heavy (non-hydrogen) atoms. The largest absolute Gasteiger partial charge is 0.496 e. The minimum atomic E-state index is -3.77. The molecule has 0 heterocycles. The molecule has 0 saturated carbocycles. The second-order valence-electron chi connectivity index (χ2n) is 5.37. The number of methoxy groups -OCH3 is 1. The quantitative estimate of drug-likeness (QED) is 0.623. The molecular formula is C17H19N3O5S. The molecule has 2 amide bonds. The average molecular weight is 377 g/mol. The highest BCUT2D eigenvalue weighted by atomic mass is 32.2. The summed E-state index contributed by atoms with van der Waals surface area (Å²) in [6.07, 6.45) is 0. The number of benzene rings is 2. The summed E-state index contributed by atoms with van der Waals surface area (Å²) in [5, 5.41) is 9.98. The van der Waals surface area contributed by atoms with Gasteiger partial charge in [0.25, 0.3) is 0 Å². The van der Waals surface area contributed by atoms with Crippen molar-refractivity contribution in [3.05, 3.63) is 59.7 Å². The van der Waals surface area contributed by atoms with E-state index in [1.165, 1.54) is 31.4 Å². The van der Waals surface area contributed by atoms with Crippen LogP contribution in [0.5, 0.6) is 5.75 Å². The Morgan fingerprint density at radius 2 is 1.54 bits per heavy atom. The van der Waals surface area contributed by atoms with Gasteiger partial charge in [0.15, 0.2) is 0 Å². The van der Waals surface area contributed by atoms with E-state index < -0.39 is 21.8 Å². The van der Waals surface area contributed by atoms with E-state index in [-0.39, 0.29) is 18.0 Å². The normalized spacial score (nSPS) is 10.8. The van der Waals surface area contributed by atoms with Gasteiger partial charge in [-0.2, -0.15) is 0 Å². The summed E-state index contributed by atoms with van der Waals surface area (Å²) in [5.74, 6) is -0.962. The summed E-state index contributed by atoms with van der Waals surface area (Å²) in [6.45, 7) is 0.227. The molecule has 0 spiro atoms. The zero-order valence-electron chi connectivity index (χ0n) is 14.1. The zero-order valence-corrected chi connectivity index (χ0v) is 14.9. The summed E-state index contributed by atoms with van der Waals surface area (Å²) in [6, 6.07) is 12.8. The van der Waals surface area contributed by atoms with Gasteiger partial charge in [-0.1, -0.05) is 30.3 Å². The van der Waals surface area contributed by atoms with Crippen LogP contribution in [0.15, 0.2) is 53.4 Å². The summed E-state index contributed by atoms with van der Waals surface area (Å²) >= 11 is 0. The van der Waals surface area contributed by atoms with Crippen molar-refractivity contribution >= 4 is 21.8 Å². The van der Waals surface area contributed by atoms with Gasteiger partial charge >= 0.3 is 11.8 Å². The molecule has 0 aliphatic carbocycles. The van der Waals surface area contributed by atoms with Crippen molar-refractivity contribution in [1.82, 2.24) is 10.6 Å². The highest BCUT2D eigenvalue weighted by Gasteiger charge is 2.14. The Bertz CT molecular complexity index is 895. The number of nitrogens with one attached hydrogen (secondary N) is 2. The lowest BCUT2D eigenvalue weighted by molar-refractivity contribution is -0.139. The van der Waals surface area contributed by atoms with Crippen molar-refractivity contribution in [2.45, 2.75) is 18.0 Å². The van der Waals surface area contributed by atoms with Crippen LogP contribution in [0, 0.1) is 0 Å². The number of ether oxygens (including phenoxy) is 1. The number of carbonyl (C=O) groups is 2. The Balaban J connectivity index is 1.86. The van der Waals surface area contributed by atoms with E-state index in [4.69, 9.17) is 9.88 Å². The Morgan fingerprint density at radius 1 is 0.962 bits per heavy atom. The molecule has 0 unspecified atom stereocenters. The number of sulfonamides is 1. The van der Waals surface area contributed by atoms with E-state index >= 15 is 0 Å². The molecule has 0 bridgehead atoms. The Hall–Kier alpha value is -2.91. The van der Waals surface area contributed by atoms with Crippen molar-refractivity contribution in [3.63, 3.8) is 0 Å². The molecule has 0 radical (unpaired) electrons. The fourth-order valence-corrected chi connectivity index (χ4v) is 2.68. The van der Waals surface area contributed by atoms with E-state index in [1.54, 1.807) is 24.3 Å². The first-order chi connectivity index (χ1) is 12.3. The molecule has 9 heteroatoms. The molecule has 0 aliphatic rings. The van der Waals surface area contributed by atoms with Gasteiger partial charge in [-0.3, -0.25) is 9.59 Å². The molecule has 8 nitrogen and oxygen atoms in total. The number of para-hydroxylation sites is 1. The lowest BCUT2D eigenvalue weighted by atomic mass is 10.2. The summed E-state index contributed by atoms with van der Waals surface area (Å²) in [4.78, 5) is 23.7. The molecule has 0 atom stereocenters. The van der Waals surface area contributed by atoms with E-state index in [9.17, 15) is 18.0 Å². The van der Waals surface area contributed by atoms with Crippen LogP contribution in [-0.2, 0) is 32.7 Å². The first-order valence-electron chi connectivity index (χ1n) is 7.61. The minimum absolute atomic E-state index is 0.0258. The van der Waals surface area contributed by atoms with E-state index in [0.29, 0.717) is 11.3 Å². The van der Waals surface area contributed by atoms with Gasteiger partial charge in [0.2, 0.25) is 10.0 Å². The molecular weight excluding hydrogens is 358 g/mol. The van der Waals surface area contributed by atoms with Gasteiger partial charge in [0, 0.05) is 18.7 Å². The maximum Gasteiger partial charge on any atom is 0.309 e. The van der Waals surface area contributed by atoms with Gasteiger partial charge in [-0.15, -0.1) is 0 Å². The summed E-state index contributed by atoms with van der Waals surface area (Å²) in [5.41, 5.74) is 1.37. The molecule has 2 aromatic carbocycles. The fourth-order valence-electron chi connectivity index (χ4n) is 2.16. The van der Waals surface area contributed by atoms with E-state index in [1.807, 2.05) is 0 Å². The van der Waals surface area contributed by atoms with Gasteiger partial charge < -0.3 is 15.4 Å². The van der Waals surface area contributed by atoms with Gasteiger partial charge in [-0.25, -0.2) is 13.6 Å². The molecule has 0 aromatic heterocycles.